The third-order valence-electron chi connectivity index (χ3n) is 6.68. The van der Waals surface area contributed by atoms with E-state index in [4.69, 9.17) is 0 Å². The molecule has 5 rings (SSSR count). The first-order valence-corrected chi connectivity index (χ1v) is 12.8. The monoisotopic (exact) mass is 487 g/mol. The van der Waals surface area contributed by atoms with E-state index in [1.54, 1.807) is 9.13 Å². The van der Waals surface area contributed by atoms with Gasteiger partial charge in [0, 0.05) is 24.0 Å². The molecule has 7 nitrogen and oxygen atoms in total. The number of rotatable bonds is 6. The molecule has 35 heavy (non-hydrogen) atoms. The number of hydrogen-bond acceptors (Lipinski definition) is 5. The van der Waals surface area contributed by atoms with Gasteiger partial charge < -0.3 is 0 Å². The Hall–Kier alpha value is -3.39. The van der Waals surface area contributed by atoms with E-state index in [9.17, 15) is 9.59 Å². The molecule has 0 saturated heterocycles. The van der Waals surface area contributed by atoms with Crippen LogP contribution < -0.4 is 5.69 Å². The highest BCUT2D eigenvalue weighted by molar-refractivity contribution is 8.00. The number of aryl methyl sites for hydroxylation is 5. The standard InChI is InChI=1S/C27H29N5O2S/c1-7-30-21-10-9-19(14-22(21)31(8-2)27(30)34)25(33)18(6)35-26-29-28-23-13-16(4)20-12-15(3)11-17(5)24(20)32(23)26/h9-14,18H,7-8H2,1-6H3. The van der Waals surface area contributed by atoms with Gasteiger partial charge in [-0.2, -0.15) is 0 Å². The predicted octanol–water partition coefficient (Wildman–Crippen LogP) is 5.33. The minimum absolute atomic E-state index is 0.00279. The van der Waals surface area contributed by atoms with Crippen molar-refractivity contribution in [2.75, 3.05) is 0 Å². The summed E-state index contributed by atoms with van der Waals surface area (Å²) in [6, 6.07) is 11.9. The van der Waals surface area contributed by atoms with Crippen molar-refractivity contribution in [1.29, 1.82) is 0 Å². The van der Waals surface area contributed by atoms with E-state index in [0.29, 0.717) is 23.8 Å². The second-order valence-electron chi connectivity index (χ2n) is 9.08. The Morgan fingerprint density at radius 3 is 2.37 bits per heavy atom. The Bertz CT molecular complexity index is 1690. The number of fused-ring (bicyclic) bond motifs is 4. The van der Waals surface area contributed by atoms with Crippen LogP contribution >= 0.6 is 11.8 Å². The first-order valence-electron chi connectivity index (χ1n) is 11.9. The number of hydrogen-bond donors (Lipinski definition) is 0. The topological polar surface area (TPSA) is 74.2 Å². The largest absolute Gasteiger partial charge is 0.329 e. The highest BCUT2D eigenvalue weighted by atomic mass is 32.2. The summed E-state index contributed by atoms with van der Waals surface area (Å²) in [6.07, 6.45) is 0. The smallest absolute Gasteiger partial charge is 0.293 e. The fourth-order valence-corrected chi connectivity index (χ4v) is 5.96. The minimum atomic E-state index is -0.378. The molecule has 5 aromatic rings. The van der Waals surface area contributed by atoms with Crippen molar-refractivity contribution in [1.82, 2.24) is 23.7 Å². The van der Waals surface area contributed by atoms with E-state index >= 15 is 0 Å². The van der Waals surface area contributed by atoms with Crippen molar-refractivity contribution in [3.05, 3.63) is 69.1 Å². The van der Waals surface area contributed by atoms with E-state index in [-0.39, 0.29) is 16.7 Å². The van der Waals surface area contributed by atoms with Gasteiger partial charge in [0.05, 0.1) is 21.8 Å². The lowest BCUT2D eigenvalue weighted by atomic mass is 10.0. The van der Waals surface area contributed by atoms with Crippen LogP contribution in [0, 0.1) is 20.8 Å². The van der Waals surface area contributed by atoms with Gasteiger partial charge in [-0.25, -0.2) is 4.79 Å². The maximum Gasteiger partial charge on any atom is 0.329 e. The fourth-order valence-electron chi connectivity index (χ4n) is 5.02. The van der Waals surface area contributed by atoms with E-state index in [0.717, 1.165) is 33.3 Å². The fraction of sp³-hybridized carbons (Fsp3) is 0.333. The Labute approximate surface area is 207 Å². The zero-order valence-corrected chi connectivity index (χ0v) is 21.7. The zero-order valence-electron chi connectivity index (χ0n) is 20.9. The Morgan fingerprint density at radius 2 is 1.66 bits per heavy atom. The molecule has 180 valence electrons. The average molecular weight is 488 g/mol. The first-order chi connectivity index (χ1) is 16.7. The van der Waals surface area contributed by atoms with Crippen molar-refractivity contribution in [3.63, 3.8) is 0 Å². The lowest BCUT2D eigenvalue weighted by Gasteiger charge is -2.13. The van der Waals surface area contributed by atoms with Crippen LogP contribution in [0.15, 0.2) is 46.3 Å². The number of pyridine rings is 1. The predicted molar refractivity (Wildman–Crippen MR) is 142 cm³/mol. The third-order valence-corrected chi connectivity index (χ3v) is 7.73. The Morgan fingerprint density at radius 1 is 0.943 bits per heavy atom. The molecule has 2 aromatic carbocycles. The molecule has 0 N–H and O–H groups in total. The SMILES string of the molecule is CCn1c(=O)n(CC)c2cc(C(=O)C(C)Sc3nnc4cc(C)c5cc(C)cc(C)c5n34)ccc21. The molecule has 8 heteroatoms. The minimum Gasteiger partial charge on any atom is -0.293 e. The molecule has 1 atom stereocenters. The van der Waals surface area contributed by atoms with Gasteiger partial charge >= 0.3 is 5.69 Å². The van der Waals surface area contributed by atoms with Gasteiger partial charge in [-0.15, -0.1) is 10.2 Å². The number of carbonyl (C=O) groups excluding carboxylic acids is 1. The molecule has 0 radical (unpaired) electrons. The van der Waals surface area contributed by atoms with Crippen LogP contribution in [0.3, 0.4) is 0 Å². The van der Waals surface area contributed by atoms with Crippen LogP contribution in [0.4, 0.5) is 0 Å². The number of carbonyl (C=O) groups is 1. The van der Waals surface area contributed by atoms with Crippen molar-refractivity contribution < 1.29 is 4.79 Å². The molecule has 0 saturated carbocycles. The average Bonchev–Trinajstić information content (AvgIpc) is 3.34. The van der Waals surface area contributed by atoms with Crippen molar-refractivity contribution in [2.45, 2.75) is 65.0 Å². The van der Waals surface area contributed by atoms with Gasteiger partial charge in [-0.3, -0.25) is 18.3 Å². The summed E-state index contributed by atoms with van der Waals surface area (Å²) < 4.78 is 5.52. The summed E-state index contributed by atoms with van der Waals surface area (Å²) in [6.45, 7) is 13.2. The molecule has 0 aliphatic carbocycles. The van der Waals surface area contributed by atoms with Crippen LogP contribution in [0.2, 0.25) is 0 Å². The summed E-state index contributed by atoms with van der Waals surface area (Å²) in [4.78, 5) is 26.2. The third kappa shape index (κ3) is 3.67. The summed E-state index contributed by atoms with van der Waals surface area (Å²) in [5, 5.41) is 10.3. The van der Waals surface area contributed by atoms with Gasteiger partial charge in [0.1, 0.15) is 0 Å². The van der Waals surface area contributed by atoms with Crippen LogP contribution in [0.1, 0.15) is 47.8 Å². The van der Waals surface area contributed by atoms with Crippen molar-refractivity contribution in [3.8, 4) is 0 Å². The number of Topliss-reactive ketones (excluding diaryl/α,β-unsaturated/α-hetero) is 1. The number of benzene rings is 2. The van der Waals surface area contributed by atoms with Gasteiger partial charge in [0.25, 0.3) is 0 Å². The second kappa shape index (κ2) is 8.68. The van der Waals surface area contributed by atoms with Crippen LogP contribution in [-0.4, -0.2) is 34.8 Å². The maximum atomic E-state index is 13.5. The van der Waals surface area contributed by atoms with Crippen LogP contribution in [0.25, 0.3) is 27.6 Å². The van der Waals surface area contributed by atoms with Gasteiger partial charge in [0.15, 0.2) is 16.6 Å². The Balaban J connectivity index is 1.55. The maximum absolute atomic E-state index is 13.5. The van der Waals surface area contributed by atoms with E-state index < -0.39 is 0 Å². The first kappa shape index (κ1) is 23.4. The van der Waals surface area contributed by atoms with E-state index in [2.05, 4.69) is 47.5 Å². The van der Waals surface area contributed by atoms with Crippen LogP contribution in [-0.2, 0) is 13.1 Å². The second-order valence-corrected chi connectivity index (χ2v) is 10.4. The molecule has 0 spiro atoms. The summed E-state index contributed by atoms with van der Waals surface area (Å²) in [5.41, 5.74) is 7.56. The lowest BCUT2D eigenvalue weighted by molar-refractivity contribution is 0.0994. The van der Waals surface area contributed by atoms with Gasteiger partial charge in [0.2, 0.25) is 0 Å². The highest BCUT2D eigenvalue weighted by Crippen LogP contribution is 2.31. The molecule has 0 fully saturated rings. The number of ketones is 1. The molecule has 0 aliphatic heterocycles. The molecular weight excluding hydrogens is 458 g/mol. The molecular formula is C27H29N5O2S. The molecule has 0 bridgehead atoms. The summed E-state index contributed by atoms with van der Waals surface area (Å²) >= 11 is 1.41. The number of thioether (sulfide) groups is 1. The molecule has 3 heterocycles. The van der Waals surface area contributed by atoms with E-state index in [1.807, 2.05) is 45.0 Å². The zero-order chi connectivity index (χ0) is 25.0. The summed E-state index contributed by atoms with van der Waals surface area (Å²) in [7, 11) is 0. The van der Waals surface area contributed by atoms with Gasteiger partial charge in [-0.05, 0) is 83.0 Å². The van der Waals surface area contributed by atoms with Crippen molar-refractivity contribution >= 4 is 45.1 Å². The lowest BCUT2D eigenvalue weighted by Crippen LogP contribution is -2.23. The van der Waals surface area contributed by atoms with Gasteiger partial charge in [-0.1, -0.05) is 23.4 Å². The molecule has 1 unspecified atom stereocenters. The molecule has 0 aliphatic rings. The highest BCUT2D eigenvalue weighted by Gasteiger charge is 2.22. The van der Waals surface area contributed by atoms with E-state index in [1.165, 1.54) is 22.7 Å². The number of imidazole rings is 1. The normalized spacial score (nSPS) is 12.7. The summed E-state index contributed by atoms with van der Waals surface area (Å²) in [5.74, 6) is -0.00279. The molecule has 0 amide bonds. The number of aromatic nitrogens is 5. The number of nitrogens with zero attached hydrogens (tertiary/aromatic N) is 5. The van der Waals surface area contributed by atoms with Crippen LogP contribution in [0.5, 0.6) is 0 Å². The quantitative estimate of drug-likeness (QED) is 0.239. The molecule has 3 aromatic heterocycles. The van der Waals surface area contributed by atoms with Crippen molar-refractivity contribution in [2.24, 2.45) is 0 Å². The Kier molecular flexibility index (Phi) is 5.79.